The molecule has 15 heavy (non-hydrogen) atoms. The van der Waals surface area contributed by atoms with Crippen LogP contribution in [0.2, 0.25) is 5.02 Å². The molecule has 1 heterocycles. The molecule has 0 unspecified atom stereocenters. The number of benzene rings is 1. The van der Waals surface area contributed by atoms with E-state index in [-0.39, 0.29) is 10.8 Å². The zero-order valence-corrected chi connectivity index (χ0v) is 8.94. The summed E-state index contributed by atoms with van der Waals surface area (Å²) in [5.74, 6) is -0.381. The Morgan fingerprint density at radius 2 is 2.13 bits per heavy atom. The van der Waals surface area contributed by atoms with Crippen molar-refractivity contribution in [3.63, 3.8) is 0 Å². The Labute approximate surface area is 92.2 Å². The summed E-state index contributed by atoms with van der Waals surface area (Å²) in [6.45, 7) is 0.657. The second-order valence-corrected chi connectivity index (χ2v) is 3.95. The molecule has 0 spiro atoms. The molecule has 1 aromatic heterocycles. The SMILES string of the molecule is NCCCc1cc2cc(F)c(Cl)cc2[nH]1. The molecule has 0 aliphatic carbocycles. The number of aryl methyl sites for hydroxylation is 1. The van der Waals surface area contributed by atoms with E-state index in [1.165, 1.54) is 6.07 Å². The minimum Gasteiger partial charge on any atom is -0.358 e. The predicted octanol–water partition coefficient (Wildman–Crippen LogP) is 2.85. The molecule has 0 atom stereocenters. The summed E-state index contributed by atoms with van der Waals surface area (Å²) in [6.07, 6.45) is 1.80. The third-order valence-electron chi connectivity index (χ3n) is 2.37. The van der Waals surface area contributed by atoms with Crippen molar-refractivity contribution in [2.75, 3.05) is 6.54 Å². The molecule has 0 radical (unpaired) electrons. The van der Waals surface area contributed by atoms with E-state index < -0.39 is 0 Å². The van der Waals surface area contributed by atoms with Crippen LogP contribution in [0.4, 0.5) is 4.39 Å². The number of H-pyrrole nitrogens is 1. The van der Waals surface area contributed by atoms with Gasteiger partial charge in [-0.3, -0.25) is 0 Å². The fourth-order valence-corrected chi connectivity index (χ4v) is 1.78. The number of aromatic nitrogens is 1. The lowest BCUT2D eigenvalue weighted by molar-refractivity contribution is 0.630. The normalized spacial score (nSPS) is 11.1. The summed E-state index contributed by atoms with van der Waals surface area (Å²) in [5, 5.41) is 0.999. The minimum atomic E-state index is -0.381. The lowest BCUT2D eigenvalue weighted by Crippen LogP contribution is -2.00. The first-order valence-corrected chi connectivity index (χ1v) is 5.25. The average Bonchev–Trinajstić information content (AvgIpc) is 2.58. The van der Waals surface area contributed by atoms with Crippen LogP contribution in [0.15, 0.2) is 18.2 Å². The van der Waals surface area contributed by atoms with Gasteiger partial charge in [-0.15, -0.1) is 0 Å². The van der Waals surface area contributed by atoms with Gasteiger partial charge in [0.25, 0.3) is 0 Å². The standard InChI is InChI=1S/C11H12ClFN2/c12-9-6-11-7(5-10(9)13)4-8(15-11)2-1-3-14/h4-6,15H,1-3,14H2. The minimum absolute atomic E-state index is 0.148. The lowest BCUT2D eigenvalue weighted by Gasteiger charge is -1.94. The van der Waals surface area contributed by atoms with Crippen molar-refractivity contribution in [2.45, 2.75) is 12.8 Å². The summed E-state index contributed by atoms with van der Waals surface area (Å²) < 4.78 is 13.1. The summed E-state index contributed by atoms with van der Waals surface area (Å²) in [6, 6.07) is 4.99. The third kappa shape index (κ3) is 2.13. The van der Waals surface area contributed by atoms with Crippen LogP contribution in [0.1, 0.15) is 12.1 Å². The topological polar surface area (TPSA) is 41.8 Å². The molecule has 0 fully saturated rings. The summed E-state index contributed by atoms with van der Waals surface area (Å²) in [5.41, 5.74) is 7.36. The van der Waals surface area contributed by atoms with Gasteiger partial charge in [-0.2, -0.15) is 0 Å². The molecule has 0 saturated heterocycles. The Kier molecular flexibility index (Phi) is 2.93. The Morgan fingerprint density at radius 1 is 1.33 bits per heavy atom. The number of hydrogen-bond donors (Lipinski definition) is 2. The maximum atomic E-state index is 13.1. The van der Waals surface area contributed by atoms with Crippen LogP contribution in [-0.4, -0.2) is 11.5 Å². The van der Waals surface area contributed by atoms with Gasteiger partial charge in [-0.1, -0.05) is 11.6 Å². The van der Waals surface area contributed by atoms with Crippen molar-refractivity contribution < 1.29 is 4.39 Å². The highest BCUT2D eigenvalue weighted by atomic mass is 35.5. The fourth-order valence-electron chi connectivity index (χ4n) is 1.61. The average molecular weight is 227 g/mol. The second kappa shape index (κ2) is 4.21. The van der Waals surface area contributed by atoms with E-state index in [1.54, 1.807) is 6.07 Å². The fraction of sp³-hybridized carbons (Fsp3) is 0.273. The lowest BCUT2D eigenvalue weighted by atomic mass is 10.2. The van der Waals surface area contributed by atoms with E-state index in [0.29, 0.717) is 6.54 Å². The first-order valence-electron chi connectivity index (χ1n) is 4.87. The first kappa shape index (κ1) is 10.5. The molecule has 0 bridgehead atoms. The Hall–Kier alpha value is -1.06. The quantitative estimate of drug-likeness (QED) is 0.830. The van der Waals surface area contributed by atoms with E-state index in [0.717, 1.165) is 29.4 Å². The van der Waals surface area contributed by atoms with Crippen molar-refractivity contribution in [2.24, 2.45) is 5.73 Å². The van der Waals surface area contributed by atoms with Gasteiger partial charge < -0.3 is 10.7 Å². The van der Waals surface area contributed by atoms with Gasteiger partial charge in [-0.25, -0.2) is 4.39 Å². The highest BCUT2D eigenvalue weighted by Gasteiger charge is 2.05. The highest BCUT2D eigenvalue weighted by Crippen LogP contribution is 2.23. The van der Waals surface area contributed by atoms with Crippen molar-refractivity contribution in [3.8, 4) is 0 Å². The molecular weight excluding hydrogens is 215 g/mol. The molecule has 2 nitrogen and oxygen atoms in total. The summed E-state index contributed by atoms with van der Waals surface area (Å²) in [4.78, 5) is 3.19. The zero-order valence-electron chi connectivity index (χ0n) is 8.19. The largest absolute Gasteiger partial charge is 0.358 e. The van der Waals surface area contributed by atoms with E-state index in [9.17, 15) is 4.39 Å². The molecule has 0 aliphatic rings. The first-order chi connectivity index (χ1) is 7.20. The van der Waals surface area contributed by atoms with E-state index in [1.807, 2.05) is 6.07 Å². The maximum absolute atomic E-state index is 13.1. The number of aromatic amines is 1. The highest BCUT2D eigenvalue weighted by molar-refractivity contribution is 6.31. The van der Waals surface area contributed by atoms with Crippen LogP contribution in [0, 0.1) is 5.82 Å². The molecular formula is C11H12ClFN2. The molecule has 2 aromatic rings. The number of nitrogens with one attached hydrogen (secondary N) is 1. The number of halogens is 2. The second-order valence-electron chi connectivity index (χ2n) is 3.54. The van der Waals surface area contributed by atoms with Gasteiger partial charge in [0.05, 0.1) is 5.02 Å². The van der Waals surface area contributed by atoms with Crippen LogP contribution >= 0.6 is 11.6 Å². The molecule has 0 amide bonds. The van der Waals surface area contributed by atoms with Crippen LogP contribution in [0.25, 0.3) is 10.9 Å². The Balaban J connectivity index is 2.38. The van der Waals surface area contributed by atoms with Crippen LogP contribution < -0.4 is 5.73 Å². The molecule has 1 aromatic carbocycles. The van der Waals surface area contributed by atoms with Crippen molar-refractivity contribution in [3.05, 3.63) is 34.7 Å². The molecule has 0 aliphatic heterocycles. The number of nitrogens with two attached hydrogens (primary N) is 1. The Bertz CT molecular complexity index is 440. The third-order valence-corrected chi connectivity index (χ3v) is 2.66. The zero-order chi connectivity index (χ0) is 10.8. The molecule has 80 valence electrons. The molecule has 0 saturated carbocycles. The van der Waals surface area contributed by atoms with E-state index >= 15 is 0 Å². The van der Waals surface area contributed by atoms with Crippen molar-refractivity contribution >= 4 is 22.5 Å². The molecule has 4 heteroatoms. The van der Waals surface area contributed by atoms with Crippen LogP contribution in [0.3, 0.4) is 0 Å². The number of hydrogen-bond acceptors (Lipinski definition) is 1. The van der Waals surface area contributed by atoms with Gasteiger partial charge in [-0.05, 0) is 37.6 Å². The van der Waals surface area contributed by atoms with Crippen LogP contribution in [0.5, 0.6) is 0 Å². The van der Waals surface area contributed by atoms with Crippen molar-refractivity contribution in [1.29, 1.82) is 0 Å². The molecule has 3 N–H and O–H groups in total. The Morgan fingerprint density at radius 3 is 2.87 bits per heavy atom. The van der Waals surface area contributed by atoms with Gasteiger partial charge in [0.15, 0.2) is 0 Å². The smallest absolute Gasteiger partial charge is 0.142 e. The molecule has 2 rings (SSSR count). The predicted molar refractivity (Wildman–Crippen MR) is 60.6 cm³/mol. The monoisotopic (exact) mass is 226 g/mol. The van der Waals surface area contributed by atoms with Gasteiger partial charge in [0.2, 0.25) is 0 Å². The number of rotatable bonds is 3. The van der Waals surface area contributed by atoms with E-state index in [2.05, 4.69) is 4.98 Å². The summed E-state index contributed by atoms with van der Waals surface area (Å²) >= 11 is 5.69. The summed E-state index contributed by atoms with van der Waals surface area (Å²) in [7, 11) is 0. The van der Waals surface area contributed by atoms with Crippen LogP contribution in [-0.2, 0) is 6.42 Å². The van der Waals surface area contributed by atoms with Crippen molar-refractivity contribution in [1.82, 2.24) is 4.98 Å². The van der Waals surface area contributed by atoms with E-state index in [4.69, 9.17) is 17.3 Å². The number of fused-ring (bicyclic) bond motifs is 1. The van der Waals surface area contributed by atoms with Gasteiger partial charge in [0, 0.05) is 16.6 Å². The van der Waals surface area contributed by atoms with Gasteiger partial charge >= 0.3 is 0 Å². The maximum Gasteiger partial charge on any atom is 0.142 e. The van der Waals surface area contributed by atoms with Gasteiger partial charge in [0.1, 0.15) is 5.82 Å².